The molecule has 0 radical (unpaired) electrons. The third-order valence-corrected chi connectivity index (χ3v) is 3.34. The lowest BCUT2D eigenvalue weighted by Gasteiger charge is -2.22. The number of rotatable bonds is 5. The molecule has 0 amide bonds. The summed E-state index contributed by atoms with van der Waals surface area (Å²) in [6, 6.07) is 12.7. The molecule has 1 N–H and O–H groups in total. The Labute approximate surface area is 117 Å². The van der Waals surface area contributed by atoms with Crippen molar-refractivity contribution in [3.8, 4) is 6.07 Å². The van der Waals surface area contributed by atoms with Gasteiger partial charge in [-0.15, -0.1) is 0 Å². The maximum absolute atomic E-state index is 13.9. The van der Waals surface area contributed by atoms with Crippen LogP contribution in [0.1, 0.15) is 29.4 Å². The first-order valence-electron chi connectivity index (χ1n) is 6.42. The molecular formula is C16H15FN2O. The third-order valence-electron chi connectivity index (χ3n) is 3.34. The SMILES string of the molecule is N#C[C@@H](c1ccccc1)[C@H](CCO)c1cnccc1F. The molecule has 0 unspecified atom stereocenters. The highest BCUT2D eigenvalue weighted by atomic mass is 19.1. The van der Waals surface area contributed by atoms with Crippen LogP contribution in [0.15, 0.2) is 48.8 Å². The first-order chi connectivity index (χ1) is 9.77. The molecule has 0 spiro atoms. The van der Waals surface area contributed by atoms with Crippen molar-refractivity contribution in [2.24, 2.45) is 0 Å². The van der Waals surface area contributed by atoms with Gasteiger partial charge in [-0.1, -0.05) is 30.3 Å². The molecule has 2 atom stereocenters. The lowest BCUT2D eigenvalue weighted by atomic mass is 9.81. The minimum atomic E-state index is -0.512. The molecular weight excluding hydrogens is 255 g/mol. The van der Waals surface area contributed by atoms with E-state index >= 15 is 0 Å². The number of aromatic nitrogens is 1. The summed E-state index contributed by atoms with van der Waals surface area (Å²) in [6.07, 6.45) is 3.12. The highest BCUT2D eigenvalue weighted by molar-refractivity contribution is 5.32. The van der Waals surface area contributed by atoms with Gasteiger partial charge in [0.15, 0.2) is 0 Å². The molecule has 0 saturated carbocycles. The van der Waals surface area contributed by atoms with Crippen molar-refractivity contribution in [1.82, 2.24) is 4.98 Å². The van der Waals surface area contributed by atoms with E-state index in [1.54, 1.807) is 0 Å². The minimum Gasteiger partial charge on any atom is -0.396 e. The summed E-state index contributed by atoms with van der Waals surface area (Å²) in [4.78, 5) is 3.93. The van der Waals surface area contributed by atoms with Crippen LogP contribution in [0.4, 0.5) is 4.39 Å². The van der Waals surface area contributed by atoms with Gasteiger partial charge in [0.05, 0.1) is 12.0 Å². The Morgan fingerprint density at radius 2 is 2.00 bits per heavy atom. The highest BCUT2D eigenvalue weighted by Gasteiger charge is 2.26. The molecule has 0 aliphatic rings. The highest BCUT2D eigenvalue weighted by Crippen LogP contribution is 2.35. The van der Waals surface area contributed by atoms with Crippen molar-refractivity contribution in [2.75, 3.05) is 6.61 Å². The monoisotopic (exact) mass is 270 g/mol. The van der Waals surface area contributed by atoms with Gasteiger partial charge in [0.2, 0.25) is 0 Å². The number of nitriles is 1. The second-order valence-electron chi connectivity index (χ2n) is 4.53. The van der Waals surface area contributed by atoms with Crippen LogP contribution in [0, 0.1) is 17.1 Å². The van der Waals surface area contributed by atoms with Gasteiger partial charge in [0.1, 0.15) is 5.82 Å². The Hall–Kier alpha value is -2.25. The van der Waals surface area contributed by atoms with Crippen LogP contribution in [0.5, 0.6) is 0 Å². The van der Waals surface area contributed by atoms with Gasteiger partial charge < -0.3 is 5.11 Å². The Kier molecular flexibility index (Phi) is 4.80. The Bertz CT molecular complexity index is 595. The molecule has 2 aromatic rings. The number of pyridine rings is 1. The summed E-state index contributed by atoms with van der Waals surface area (Å²) in [5, 5.41) is 18.7. The minimum absolute atomic E-state index is 0.107. The van der Waals surface area contributed by atoms with Gasteiger partial charge >= 0.3 is 0 Å². The maximum atomic E-state index is 13.9. The number of nitrogens with zero attached hydrogens (tertiary/aromatic N) is 2. The number of halogens is 1. The third kappa shape index (κ3) is 3.01. The van der Waals surface area contributed by atoms with Gasteiger partial charge in [0, 0.05) is 30.5 Å². The summed E-state index contributed by atoms with van der Waals surface area (Å²) >= 11 is 0. The lowest BCUT2D eigenvalue weighted by Crippen LogP contribution is -2.13. The van der Waals surface area contributed by atoms with E-state index in [0.717, 1.165) is 5.56 Å². The molecule has 0 fully saturated rings. The fraction of sp³-hybridized carbons (Fsp3) is 0.250. The van der Waals surface area contributed by atoms with E-state index < -0.39 is 17.7 Å². The van der Waals surface area contributed by atoms with E-state index in [0.29, 0.717) is 12.0 Å². The molecule has 102 valence electrons. The summed E-state index contributed by atoms with van der Waals surface area (Å²) in [5.74, 6) is -1.32. The van der Waals surface area contributed by atoms with Crippen molar-refractivity contribution < 1.29 is 9.50 Å². The predicted octanol–water partition coefficient (Wildman–Crippen LogP) is 2.99. The second kappa shape index (κ2) is 6.78. The second-order valence-corrected chi connectivity index (χ2v) is 4.53. The van der Waals surface area contributed by atoms with E-state index in [9.17, 15) is 14.8 Å². The predicted molar refractivity (Wildman–Crippen MR) is 73.4 cm³/mol. The van der Waals surface area contributed by atoms with Crippen LogP contribution < -0.4 is 0 Å². The number of hydrogen-bond acceptors (Lipinski definition) is 3. The number of aliphatic hydroxyl groups excluding tert-OH is 1. The molecule has 0 saturated heterocycles. The fourth-order valence-electron chi connectivity index (χ4n) is 2.36. The molecule has 0 aliphatic carbocycles. The molecule has 0 aliphatic heterocycles. The number of benzene rings is 1. The van der Waals surface area contributed by atoms with Crippen molar-refractivity contribution >= 4 is 0 Å². The molecule has 20 heavy (non-hydrogen) atoms. The van der Waals surface area contributed by atoms with Crippen molar-refractivity contribution in [1.29, 1.82) is 5.26 Å². The van der Waals surface area contributed by atoms with Crippen LogP contribution in [0.2, 0.25) is 0 Å². The fourth-order valence-corrected chi connectivity index (χ4v) is 2.36. The zero-order valence-corrected chi connectivity index (χ0v) is 10.9. The van der Waals surface area contributed by atoms with Crippen molar-refractivity contribution in [2.45, 2.75) is 18.3 Å². The van der Waals surface area contributed by atoms with Crippen LogP contribution in [-0.4, -0.2) is 16.7 Å². The Morgan fingerprint density at radius 3 is 2.60 bits per heavy atom. The average Bonchev–Trinajstić information content (AvgIpc) is 2.49. The first-order valence-corrected chi connectivity index (χ1v) is 6.42. The molecule has 4 heteroatoms. The summed E-state index contributed by atoms with van der Waals surface area (Å²) < 4.78 is 13.9. The average molecular weight is 270 g/mol. The van der Waals surface area contributed by atoms with E-state index in [2.05, 4.69) is 11.1 Å². The molecule has 3 nitrogen and oxygen atoms in total. The van der Waals surface area contributed by atoms with Gasteiger partial charge in [0.25, 0.3) is 0 Å². The van der Waals surface area contributed by atoms with Gasteiger partial charge in [-0.05, 0) is 18.1 Å². The molecule has 1 aromatic heterocycles. The van der Waals surface area contributed by atoms with E-state index in [1.165, 1.54) is 18.5 Å². The zero-order chi connectivity index (χ0) is 14.4. The smallest absolute Gasteiger partial charge is 0.129 e. The van der Waals surface area contributed by atoms with Crippen LogP contribution in [0.3, 0.4) is 0 Å². The van der Waals surface area contributed by atoms with E-state index in [4.69, 9.17) is 0 Å². The largest absolute Gasteiger partial charge is 0.396 e. The van der Waals surface area contributed by atoms with Crippen LogP contribution >= 0.6 is 0 Å². The summed E-state index contributed by atoms with van der Waals surface area (Å²) in [5.41, 5.74) is 1.19. The van der Waals surface area contributed by atoms with Gasteiger partial charge in [-0.3, -0.25) is 4.98 Å². The molecule has 1 aromatic carbocycles. The number of hydrogen-bond donors (Lipinski definition) is 1. The Balaban J connectivity index is 2.42. The van der Waals surface area contributed by atoms with E-state index in [-0.39, 0.29) is 6.61 Å². The van der Waals surface area contributed by atoms with Gasteiger partial charge in [-0.2, -0.15) is 5.26 Å². The Morgan fingerprint density at radius 1 is 1.25 bits per heavy atom. The zero-order valence-electron chi connectivity index (χ0n) is 10.9. The van der Waals surface area contributed by atoms with Crippen molar-refractivity contribution in [3.63, 3.8) is 0 Å². The quantitative estimate of drug-likeness (QED) is 0.908. The van der Waals surface area contributed by atoms with Crippen LogP contribution in [0.25, 0.3) is 0 Å². The normalized spacial score (nSPS) is 13.4. The van der Waals surface area contributed by atoms with Crippen LogP contribution in [-0.2, 0) is 0 Å². The first kappa shape index (κ1) is 14.2. The standard InChI is InChI=1S/C16H15FN2O/c17-16-6-8-19-11-15(16)13(7-9-20)14(10-18)12-4-2-1-3-5-12/h1-6,8,11,13-14,20H,7,9H2/t13-,14-/m0/s1. The topological polar surface area (TPSA) is 56.9 Å². The lowest BCUT2D eigenvalue weighted by molar-refractivity contribution is 0.270. The van der Waals surface area contributed by atoms with E-state index in [1.807, 2.05) is 30.3 Å². The molecule has 2 rings (SSSR count). The maximum Gasteiger partial charge on any atom is 0.129 e. The van der Waals surface area contributed by atoms with Gasteiger partial charge in [-0.25, -0.2) is 4.39 Å². The number of aliphatic hydroxyl groups is 1. The molecule has 0 bridgehead atoms. The summed E-state index contributed by atoms with van der Waals surface area (Å²) in [7, 11) is 0. The summed E-state index contributed by atoms with van der Waals surface area (Å²) in [6.45, 7) is -0.107. The van der Waals surface area contributed by atoms with Crippen molar-refractivity contribution in [3.05, 3.63) is 65.7 Å². The molecule has 1 heterocycles.